The third kappa shape index (κ3) is 4.11. The molecule has 144 valence electrons. The molecule has 1 aromatic carbocycles. The van der Waals surface area contributed by atoms with Crippen molar-refractivity contribution in [2.45, 2.75) is 29.3 Å². The van der Waals surface area contributed by atoms with Crippen LogP contribution >= 0.6 is 11.6 Å². The molecule has 4 rings (SSSR count). The van der Waals surface area contributed by atoms with Gasteiger partial charge in [-0.1, -0.05) is 11.6 Å². The van der Waals surface area contributed by atoms with Gasteiger partial charge in [0.2, 0.25) is 0 Å². The monoisotopic (exact) mass is 409 g/mol. The maximum absolute atomic E-state index is 12.7. The van der Waals surface area contributed by atoms with E-state index in [1.807, 2.05) is 0 Å². The van der Waals surface area contributed by atoms with Crippen LogP contribution in [0, 0.1) is 0 Å². The number of furan rings is 1. The minimum atomic E-state index is -1.26. The van der Waals surface area contributed by atoms with E-state index in [-0.39, 0.29) is 17.4 Å². The maximum atomic E-state index is 12.7. The molecular weight excluding hydrogens is 390 g/mol. The van der Waals surface area contributed by atoms with E-state index in [4.69, 9.17) is 25.5 Å². The van der Waals surface area contributed by atoms with Crippen LogP contribution in [0.5, 0.6) is 0 Å². The highest BCUT2D eigenvalue weighted by molar-refractivity contribution is 7.84. The van der Waals surface area contributed by atoms with E-state index in [0.717, 1.165) is 0 Å². The number of hydrogen-bond donors (Lipinski definition) is 0. The average Bonchev–Trinajstić information content (AvgIpc) is 3.32. The van der Waals surface area contributed by atoms with Crippen LogP contribution in [0.3, 0.4) is 0 Å². The van der Waals surface area contributed by atoms with Gasteiger partial charge in [0.25, 0.3) is 5.91 Å². The number of likely N-dealkylation sites (tertiary alicyclic amines) is 1. The van der Waals surface area contributed by atoms with Crippen molar-refractivity contribution in [1.29, 1.82) is 0 Å². The molecule has 6 nitrogen and oxygen atoms in total. The molecule has 0 bridgehead atoms. The Morgan fingerprint density at radius 3 is 2.41 bits per heavy atom. The third-order valence-corrected chi connectivity index (χ3v) is 6.44. The van der Waals surface area contributed by atoms with Gasteiger partial charge >= 0.3 is 0 Å². The van der Waals surface area contributed by atoms with Crippen LogP contribution in [0.25, 0.3) is 0 Å². The second kappa shape index (κ2) is 7.75. The lowest BCUT2D eigenvalue weighted by Gasteiger charge is -2.37. The normalized spacial score (nSPS) is 20.1. The fourth-order valence-corrected chi connectivity index (χ4v) is 4.51. The zero-order valence-corrected chi connectivity index (χ0v) is 16.3. The van der Waals surface area contributed by atoms with E-state index in [2.05, 4.69) is 0 Å². The minimum absolute atomic E-state index is 0.161. The van der Waals surface area contributed by atoms with E-state index in [1.54, 1.807) is 41.3 Å². The number of carbonyl (C=O) groups is 1. The lowest BCUT2D eigenvalue weighted by atomic mass is 10.0. The number of piperidine rings is 1. The molecule has 1 spiro atoms. The fraction of sp³-hybridized carbons (Fsp3) is 0.421. The molecule has 0 radical (unpaired) electrons. The highest BCUT2D eigenvalue weighted by Crippen LogP contribution is 2.32. The standard InChI is InChI=1S/C19H20ClNO5S/c20-14-1-4-16(5-2-14)27(23)13-15-3-6-17(26-15)18(22)21-9-7-19(8-10-21)24-11-12-25-19/h1-6H,7-13H2/t27-/m0/s1. The number of nitrogens with zero attached hydrogens (tertiary/aromatic N) is 1. The summed E-state index contributed by atoms with van der Waals surface area (Å²) in [5.74, 6) is 0.316. The molecule has 2 aliphatic rings. The number of hydrogen-bond acceptors (Lipinski definition) is 5. The number of halogens is 1. The van der Waals surface area contributed by atoms with Gasteiger partial charge in [0.1, 0.15) is 5.76 Å². The van der Waals surface area contributed by atoms with Crippen LogP contribution < -0.4 is 0 Å². The van der Waals surface area contributed by atoms with Crippen molar-refractivity contribution in [3.05, 3.63) is 52.9 Å². The summed E-state index contributed by atoms with van der Waals surface area (Å²) in [6.45, 7) is 2.34. The third-order valence-electron chi connectivity index (χ3n) is 4.85. The van der Waals surface area contributed by atoms with Gasteiger partial charge in [-0.2, -0.15) is 0 Å². The van der Waals surface area contributed by atoms with E-state index in [0.29, 0.717) is 54.8 Å². The lowest BCUT2D eigenvalue weighted by Crippen LogP contribution is -2.47. The van der Waals surface area contributed by atoms with Crippen molar-refractivity contribution < 1.29 is 22.9 Å². The molecule has 2 saturated heterocycles. The Balaban J connectivity index is 1.36. The summed E-state index contributed by atoms with van der Waals surface area (Å²) in [7, 11) is -1.26. The average molecular weight is 410 g/mol. The number of carbonyl (C=O) groups excluding carboxylic acids is 1. The summed E-state index contributed by atoms with van der Waals surface area (Å²) in [6.07, 6.45) is 1.32. The van der Waals surface area contributed by atoms with Crippen LogP contribution in [0.15, 0.2) is 45.7 Å². The van der Waals surface area contributed by atoms with Gasteiger partial charge in [0.05, 0.1) is 29.8 Å². The van der Waals surface area contributed by atoms with Crippen molar-refractivity contribution in [3.8, 4) is 0 Å². The number of amides is 1. The first-order valence-electron chi connectivity index (χ1n) is 8.85. The molecule has 0 saturated carbocycles. The first-order chi connectivity index (χ1) is 13.0. The Labute approximate surface area is 164 Å². The Bertz CT molecular complexity index is 834. The first kappa shape index (κ1) is 18.7. The summed E-state index contributed by atoms with van der Waals surface area (Å²) in [6, 6.07) is 10.2. The van der Waals surface area contributed by atoms with Gasteiger partial charge in [-0.3, -0.25) is 9.00 Å². The van der Waals surface area contributed by atoms with E-state index in [9.17, 15) is 9.00 Å². The molecule has 0 unspecified atom stereocenters. The molecular formula is C19H20ClNO5S. The maximum Gasteiger partial charge on any atom is 0.289 e. The van der Waals surface area contributed by atoms with Crippen molar-refractivity contribution in [2.24, 2.45) is 0 Å². The second-order valence-corrected chi connectivity index (χ2v) is 8.50. The minimum Gasteiger partial charge on any atom is -0.455 e. The van der Waals surface area contributed by atoms with Gasteiger partial charge < -0.3 is 18.8 Å². The van der Waals surface area contributed by atoms with Crippen molar-refractivity contribution in [3.63, 3.8) is 0 Å². The van der Waals surface area contributed by atoms with Crippen molar-refractivity contribution in [2.75, 3.05) is 26.3 Å². The number of rotatable bonds is 4. The Kier molecular flexibility index (Phi) is 5.36. The predicted molar refractivity (Wildman–Crippen MR) is 100 cm³/mol. The smallest absolute Gasteiger partial charge is 0.289 e. The molecule has 27 heavy (non-hydrogen) atoms. The first-order valence-corrected chi connectivity index (χ1v) is 10.5. The summed E-state index contributed by atoms with van der Waals surface area (Å²) >= 11 is 5.85. The summed E-state index contributed by atoms with van der Waals surface area (Å²) in [5.41, 5.74) is 0. The molecule has 1 atom stereocenters. The fourth-order valence-electron chi connectivity index (χ4n) is 3.36. The van der Waals surface area contributed by atoms with Crippen LogP contribution in [0.1, 0.15) is 29.2 Å². The Morgan fingerprint density at radius 1 is 1.07 bits per heavy atom. The molecule has 2 aliphatic heterocycles. The molecule has 1 amide bonds. The molecule has 0 N–H and O–H groups in total. The lowest BCUT2D eigenvalue weighted by molar-refractivity contribution is -0.181. The second-order valence-electron chi connectivity index (χ2n) is 6.61. The quantitative estimate of drug-likeness (QED) is 0.775. The molecule has 8 heteroatoms. The van der Waals surface area contributed by atoms with Crippen LogP contribution in [-0.4, -0.2) is 47.1 Å². The molecule has 2 fully saturated rings. The summed E-state index contributed by atoms with van der Waals surface area (Å²) in [5, 5.41) is 0.596. The van der Waals surface area contributed by atoms with Gasteiger partial charge in [0.15, 0.2) is 11.5 Å². The molecule has 3 heterocycles. The van der Waals surface area contributed by atoms with Crippen LogP contribution in [0.2, 0.25) is 5.02 Å². The van der Waals surface area contributed by atoms with E-state index < -0.39 is 16.6 Å². The topological polar surface area (TPSA) is 69.0 Å². The Morgan fingerprint density at radius 2 is 1.74 bits per heavy atom. The SMILES string of the molecule is O=C(c1ccc(C[S@](=O)c2ccc(Cl)cc2)o1)N1CCC2(CC1)OCCO2. The van der Waals surface area contributed by atoms with E-state index >= 15 is 0 Å². The van der Waals surface area contributed by atoms with Gasteiger partial charge in [-0.15, -0.1) is 0 Å². The zero-order chi connectivity index (χ0) is 18.9. The van der Waals surface area contributed by atoms with E-state index in [1.165, 1.54) is 0 Å². The largest absolute Gasteiger partial charge is 0.455 e. The predicted octanol–water partition coefficient (Wildman–Crippen LogP) is 3.22. The Hall–Kier alpha value is -1.67. The summed E-state index contributed by atoms with van der Waals surface area (Å²) < 4.78 is 29.5. The van der Waals surface area contributed by atoms with Gasteiger partial charge in [-0.05, 0) is 36.4 Å². The van der Waals surface area contributed by atoms with Gasteiger partial charge in [0, 0.05) is 35.8 Å². The number of ether oxygens (including phenoxy) is 2. The summed E-state index contributed by atoms with van der Waals surface area (Å²) in [4.78, 5) is 15.1. The van der Waals surface area contributed by atoms with Crippen LogP contribution in [-0.2, 0) is 26.0 Å². The van der Waals surface area contributed by atoms with Crippen molar-refractivity contribution >= 4 is 28.3 Å². The zero-order valence-electron chi connectivity index (χ0n) is 14.7. The van der Waals surface area contributed by atoms with Crippen molar-refractivity contribution in [1.82, 2.24) is 4.90 Å². The highest BCUT2D eigenvalue weighted by atomic mass is 35.5. The van der Waals surface area contributed by atoms with Crippen LogP contribution in [0.4, 0.5) is 0 Å². The molecule has 1 aromatic heterocycles. The number of benzene rings is 1. The highest BCUT2D eigenvalue weighted by Gasteiger charge is 2.41. The molecule has 0 aliphatic carbocycles. The van der Waals surface area contributed by atoms with Gasteiger partial charge in [-0.25, -0.2) is 0 Å². The molecule has 2 aromatic rings.